The Bertz CT molecular complexity index is 317. The number of rotatable bonds is 6. The zero-order chi connectivity index (χ0) is 12.0. The van der Waals surface area contributed by atoms with Gasteiger partial charge in [-0.15, -0.1) is 11.8 Å². The van der Waals surface area contributed by atoms with Gasteiger partial charge >= 0.3 is 0 Å². The first-order chi connectivity index (χ1) is 7.69. The van der Waals surface area contributed by atoms with E-state index in [4.69, 9.17) is 10.8 Å². The van der Waals surface area contributed by atoms with Gasteiger partial charge in [-0.05, 0) is 18.9 Å². The fourth-order valence-electron chi connectivity index (χ4n) is 1.71. The molecule has 0 spiro atoms. The highest BCUT2D eigenvalue weighted by Crippen LogP contribution is 2.32. The van der Waals surface area contributed by atoms with E-state index in [1.807, 2.05) is 0 Å². The van der Waals surface area contributed by atoms with Crippen LogP contribution in [0.2, 0.25) is 0 Å². The van der Waals surface area contributed by atoms with Gasteiger partial charge in [0.05, 0.1) is 6.61 Å². The number of hydrogen-bond acceptors (Lipinski definition) is 3. The lowest BCUT2D eigenvalue weighted by molar-refractivity contribution is 0.322. The quantitative estimate of drug-likeness (QED) is 0.802. The summed E-state index contributed by atoms with van der Waals surface area (Å²) in [7, 11) is 0. The van der Waals surface area contributed by atoms with Gasteiger partial charge in [0, 0.05) is 17.0 Å². The molecule has 0 aliphatic heterocycles. The van der Waals surface area contributed by atoms with Gasteiger partial charge in [0.1, 0.15) is 0 Å². The number of aliphatic hydroxyl groups excluding tert-OH is 1. The number of benzene rings is 1. The Hall–Kier alpha value is -0.510. The molecule has 2 unspecified atom stereocenters. The Labute approximate surface area is 102 Å². The van der Waals surface area contributed by atoms with E-state index in [1.165, 1.54) is 11.1 Å². The third kappa shape index (κ3) is 3.81. The van der Waals surface area contributed by atoms with Crippen LogP contribution in [-0.4, -0.2) is 23.5 Å². The highest BCUT2D eigenvalue weighted by Gasteiger charge is 2.18. The van der Waals surface area contributed by atoms with Crippen molar-refractivity contribution in [3.8, 4) is 0 Å². The van der Waals surface area contributed by atoms with Crippen molar-refractivity contribution in [2.75, 3.05) is 12.4 Å². The lowest BCUT2D eigenvalue weighted by atomic mass is 10.0. The van der Waals surface area contributed by atoms with Crippen LogP contribution in [0.5, 0.6) is 0 Å². The largest absolute Gasteiger partial charge is 0.396 e. The molecule has 3 N–H and O–H groups in total. The summed E-state index contributed by atoms with van der Waals surface area (Å²) >= 11 is 1.74. The number of aryl methyl sites for hydroxylation is 1. The first-order valence-electron chi connectivity index (χ1n) is 5.73. The molecule has 1 rings (SSSR count). The minimum atomic E-state index is 0.151. The molecule has 0 aromatic heterocycles. The summed E-state index contributed by atoms with van der Waals surface area (Å²) in [5.74, 6) is 0.742. The predicted octanol–water partition coefficient (Wildman–Crippen LogP) is 2.50. The lowest BCUT2D eigenvalue weighted by Gasteiger charge is -2.23. The maximum atomic E-state index is 8.91. The first-order valence-corrected chi connectivity index (χ1v) is 6.78. The Kier molecular flexibility index (Phi) is 5.88. The van der Waals surface area contributed by atoms with Crippen LogP contribution in [-0.2, 0) is 0 Å². The van der Waals surface area contributed by atoms with Crippen LogP contribution in [0.15, 0.2) is 24.3 Å². The summed E-state index contributed by atoms with van der Waals surface area (Å²) in [6, 6.07) is 8.62. The van der Waals surface area contributed by atoms with E-state index in [0.717, 1.165) is 12.2 Å². The van der Waals surface area contributed by atoms with Gasteiger partial charge in [-0.2, -0.15) is 0 Å². The lowest BCUT2D eigenvalue weighted by Crippen LogP contribution is -2.26. The van der Waals surface area contributed by atoms with Crippen LogP contribution >= 0.6 is 11.8 Å². The second-order valence-electron chi connectivity index (χ2n) is 4.00. The third-order valence-corrected chi connectivity index (χ3v) is 4.02. The standard InChI is InChI=1S/C13H21NOS/c1-3-12(14)13(16-8-7-15)11-6-4-5-10(2)9-11/h4-6,9,12-13,15H,3,7-8,14H2,1-2H3. The topological polar surface area (TPSA) is 46.2 Å². The van der Waals surface area contributed by atoms with Crippen molar-refractivity contribution in [1.82, 2.24) is 0 Å². The number of thioether (sulfide) groups is 1. The fourth-order valence-corrected chi connectivity index (χ4v) is 2.85. The van der Waals surface area contributed by atoms with Crippen LogP contribution in [0, 0.1) is 6.92 Å². The van der Waals surface area contributed by atoms with Gasteiger partial charge in [-0.3, -0.25) is 0 Å². The molecule has 1 aromatic rings. The molecular formula is C13H21NOS. The molecule has 3 heteroatoms. The van der Waals surface area contributed by atoms with Gasteiger partial charge in [0.15, 0.2) is 0 Å². The van der Waals surface area contributed by atoms with Crippen molar-refractivity contribution in [1.29, 1.82) is 0 Å². The van der Waals surface area contributed by atoms with Crippen molar-refractivity contribution in [2.45, 2.75) is 31.6 Å². The zero-order valence-electron chi connectivity index (χ0n) is 10.0. The molecule has 0 radical (unpaired) electrons. The molecule has 0 bridgehead atoms. The molecule has 90 valence electrons. The number of hydrogen-bond donors (Lipinski definition) is 2. The molecular weight excluding hydrogens is 218 g/mol. The molecule has 1 aromatic carbocycles. The highest BCUT2D eigenvalue weighted by atomic mass is 32.2. The second kappa shape index (κ2) is 6.94. The Balaban J connectivity index is 2.82. The zero-order valence-corrected chi connectivity index (χ0v) is 10.8. The molecule has 16 heavy (non-hydrogen) atoms. The van der Waals surface area contributed by atoms with Crippen molar-refractivity contribution in [3.05, 3.63) is 35.4 Å². The number of aliphatic hydroxyl groups is 1. The highest BCUT2D eigenvalue weighted by molar-refractivity contribution is 7.99. The van der Waals surface area contributed by atoms with Crippen LogP contribution in [0.25, 0.3) is 0 Å². The summed E-state index contributed by atoms with van der Waals surface area (Å²) in [6.07, 6.45) is 0.955. The molecule has 2 atom stereocenters. The summed E-state index contributed by atoms with van der Waals surface area (Å²) in [5, 5.41) is 9.20. The van der Waals surface area contributed by atoms with Crippen LogP contribution in [0.3, 0.4) is 0 Å². The smallest absolute Gasteiger partial charge is 0.0521 e. The Morgan fingerprint density at radius 2 is 2.19 bits per heavy atom. The maximum absolute atomic E-state index is 8.91. The normalized spacial score (nSPS) is 14.8. The summed E-state index contributed by atoms with van der Waals surface area (Å²) in [6.45, 7) is 4.41. The van der Waals surface area contributed by atoms with E-state index in [1.54, 1.807) is 11.8 Å². The van der Waals surface area contributed by atoms with E-state index >= 15 is 0 Å². The van der Waals surface area contributed by atoms with Crippen LogP contribution < -0.4 is 5.73 Å². The molecule has 0 amide bonds. The van der Waals surface area contributed by atoms with Crippen LogP contribution in [0.4, 0.5) is 0 Å². The molecule has 0 fully saturated rings. The van der Waals surface area contributed by atoms with E-state index in [9.17, 15) is 0 Å². The van der Waals surface area contributed by atoms with Crippen molar-refractivity contribution < 1.29 is 5.11 Å². The van der Waals surface area contributed by atoms with Crippen molar-refractivity contribution >= 4 is 11.8 Å². The van der Waals surface area contributed by atoms with E-state index < -0.39 is 0 Å². The molecule has 0 heterocycles. The first kappa shape index (κ1) is 13.6. The van der Waals surface area contributed by atoms with Gasteiger partial charge in [0.2, 0.25) is 0 Å². The molecule has 0 saturated carbocycles. The van der Waals surface area contributed by atoms with Gasteiger partial charge < -0.3 is 10.8 Å². The SMILES string of the molecule is CCC(N)C(SCCO)c1cccc(C)c1. The fraction of sp³-hybridized carbons (Fsp3) is 0.538. The van der Waals surface area contributed by atoms with Gasteiger partial charge in [-0.25, -0.2) is 0 Å². The molecule has 2 nitrogen and oxygen atoms in total. The number of nitrogens with two attached hydrogens (primary N) is 1. The molecule has 0 aliphatic rings. The Morgan fingerprint density at radius 3 is 2.75 bits per heavy atom. The van der Waals surface area contributed by atoms with Gasteiger partial charge in [-0.1, -0.05) is 36.8 Å². The molecule has 0 saturated heterocycles. The van der Waals surface area contributed by atoms with Crippen molar-refractivity contribution in [3.63, 3.8) is 0 Å². The Morgan fingerprint density at radius 1 is 1.44 bits per heavy atom. The third-order valence-electron chi connectivity index (χ3n) is 2.62. The monoisotopic (exact) mass is 239 g/mol. The maximum Gasteiger partial charge on any atom is 0.0521 e. The molecule has 0 aliphatic carbocycles. The van der Waals surface area contributed by atoms with E-state index in [2.05, 4.69) is 38.1 Å². The summed E-state index contributed by atoms with van der Waals surface area (Å²) < 4.78 is 0. The van der Waals surface area contributed by atoms with Crippen molar-refractivity contribution in [2.24, 2.45) is 5.73 Å². The average molecular weight is 239 g/mol. The van der Waals surface area contributed by atoms with Crippen LogP contribution in [0.1, 0.15) is 29.7 Å². The minimum Gasteiger partial charge on any atom is -0.396 e. The van der Waals surface area contributed by atoms with E-state index in [0.29, 0.717) is 0 Å². The average Bonchev–Trinajstić information content (AvgIpc) is 2.29. The predicted molar refractivity (Wildman–Crippen MR) is 71.7 cm³/mol. The summed E-state index contributed by atoms with van der Waals surface area (Å²) in [4.78, 5) is 0. The summed E-state index contributed by atoms with van der Waals surface area (Å²) in [5.41, 5.74) is 8.67. The second-order valence-corrected chi connectivity index (χ2v) is 5.25. The van der Waals surface area contributed by atoms with Gasteiger partial charge in [0.25, 0.3) is 0 Å². The minimum absolute atomic E-state index is 0.151. The van der Waals surface area contributed by atoms with E-state index in [-0.39, 0.29) is 17.9 Å².